The highest BCUT2D eigenvalue weighted by Gasteiger charge is 2.29. The number of benzene rings is 2. The lowest BCUT2D eigenvalue weighted by Gasteiger charge is -2.17. The summed E-state index contributed by atoms with van der Waals surface area (Å²) in [5.74, 6) is -0.154. The maximum Gasteiger partial charge on any atom is 0.253 e. The molecular weight excluding hydrogens is 547 g/mol. The molecule has 38 heavy (non-hydrogen) atoms. The van der Waals surface area contributed by atoms with Gasteiger partial charge in [0.2, 0.25) is 10.0 Å². The summed E-state index contributed by atoms with van der Waals surface area (Å²) >= 11 is 1.11. The lowest BCUT2D eigenvalue weighted by molar-refractivity contribution is 0.0787. The normalized spacial score (nSPS) is 16.1. The Bertz CT molecular complexity index is 1660. The minimum Gasteiger partial charge on any atom is -0.364 e. The molecule has 0 bridgehead atoms. The molecule has 1 fully saturated rings. The molecule has 12 heteroatoms. The van der Waals surface area contributed by atoms with Gasteiger partial charge in [-0.1, -0.05) is 35.5 Å². The van der Waals surface area contributed by atoms with Crippen molar-refractivity contribution in [3.63, 3.8) is 0 Å². The number of nitrogens with one attached hydrogen (secondary N) is 1. The summed E-state index contributed by atoms with van der Waals surface area (Å²) in [5.41, 5.74) is 2.36. The van der Waals surface area contributed by atoms with Gasteiger partial charge in [0.1, 0.15) is 16.2 Å². The predicted molar refractivity (Wildman–Crippen MR) is 144 cm³/mol. The van der Waals surface area contributed by atoms with Crippen molar-refractivity contribution in [2.24, 2.45) is 5.92 Å². The monoisotopic (exact) mass is 571 g/mol. The standard InChI is InChI=1S/C26H25N3O6S3/c1-37(31,32)24-5-3-2-4-21(24)19-6-8-20(9-7-19)26(30)29-14-12-18(17-29)16-27-38(33,34)25-11-10-23(36-25)22-13-15-35-28-22/h2-11,13,15,18,27H,12,14,16-17H2,1H3. The van der Waals surface area contributed by atoms with Gasteiger partial charge in [0, 0.05) is 43.1 Å². The van der Waals surface area contributed by atoms with Crippen molar-refractivity contribution in [2.75, 3.05) is 25.9 Å². The molecule has 1 amide bonds. The van der Waals surface area contributed by atoms with Gasteiger partial charge >= 0.3 is 0 Å². The summed E-state index contributed by atoms with van der Waals surface area (Å²) in [5, 5.41) is 3.83. The van der Waals surface area contributed by atoms with Gasteiger partial charge in [-0.3, -0.25) is 4.79 Å². The Labute approximate surface area is 225 Å². The largest absolute Gasteiger partial charge is 0.364 e. The Hall–Kier alpha value is -3.32. The third-order valence-corrected chi connectivity index (χ3v) is 10.6. The highest BCUT2D eigenvalue weighted by Crippen LogP contribution is 2.30. The number of carbonyl (C=O) groups is 1. The second-order valence-electron chi connectivity index (χ2n) is 9.11. The number of hydrogen-bond donors (Lipinski definition) is 1. The zero-order chi connectivity index (χ0) is 26.9. The van der Waals surface area contributed by atoms with E-state index in [1.807, 2.05) is 0 Å². The Balaban J connectivity index is 1.20. The van der Waals surface area contributed by atoms with E-state index in [1.54, 1.807) is 71.6 Å². The molecule has 1 aliphatic heterocycles. The number of amides is 1. The third kappa shape index (κ3) is 5.58. The first-order valence-corrected chi connectivity index (χ1v) is 16.0. The molecule has 0 saturated carbocycles. The first kappa shape index (κ1) is 26.3. The molecule has 1 atom stereocenters. The first-order chi connectivity index (χ1) is 18.1. The molecule has 2 aromatic carbocycles. The third-order valence-electron chi connectivity index (χ3n) is 6.40. The smallest absolute Gasteiger partial charge is 0.253 e. The summed E-state index contributed by atoms with van der Waals surface area (Å²) in [6.45, 7) is 1.19. The van der Waals surface area contributed by atoms with E-state index in [0.29, 0.717) is 46.8 Å². The van der Waals surface area contributed by atoms with Crippen LogP contribution in [-0.2, 0) is 19.9 Å². The van der Waals surface area contributed by atoms with E-state index in [1.165, 1.54) is 12.5 Å². The van der Waals surface area contributed by atoms with Gasteiger partial charge in [-0.15, -0.1) is 11.3 Å². The SMILES string of the molecule is CS(=O)(=O)c1ccccc1-c1ccc(C(=O)N2CCC(CNS(=O)(=O)c3ccc(-c4ccon4)s3)C2)cc1. The predicted octanol–water partition coefficient (Wildman–Crippen LogP) is 3.91. The van der Waals surface area contributed by atoms with Crippen molar-refractivity contribution < 1.29 is 26.2 Å². The summed E-state index contributed by atoms with van der Waals surface area (Å²) in [4.78, 5) is 15.7. The maximum absolute atomic E-state index is 13.1. The maximum atomic E-state index is 13.1. The highest BCUT2D eigenvalue weighted by molar-refractivity contribution is 7.91. The van der Waals surface area contributed by atoms with Gasteiger partial charge in [0.05, 0.1) is 9.77 Å². The van der Waals surface area contributed by atoms with Crippen LogP contribution in [0.3, 0.4) is 0 Å². The second kappa shape index (κ2) is 10.4. The fourth-order valence-corrected chi connectivity index (χ4v) is 7.77. The first-order valence-electron chi connectivity index (χ1n) is 11.8. The molecule has 0 aliphatic carbocycles. The van der Waals surface area contributed by atoms with Crippen LogP contribution in [0.5, 0.6) is 0 Å². The van der Waals surface area contributed by atoms with E-state index in [2.05, 4.69) is 9.88 Å². The Morgan fingerprint density at radius 3 is 2.53 bits per heavy atom. The van der Waals surface area contributed by atoms with Crippen LogP contribution in [0.2, 0.25) is 0 Å². The molecule has 1 aliphatic rings. The minimum absolute atomic E-state index is 0.00962. The fraction of sp³-hybridized carbons (Fsp3) is 0.231. The average Bonchev–Trinajstić information content (AvgIpc) is 3.68. The van der Waals surface area contributed by atoms with Crippen LogP contribution in [0.4, 0.5) is 0 Å². The minimum atomic E-state index is -3.69. The van der Waals surface area contributed by atoms with Gasteiger partial charge in [-0.2, -0.15) is 0 Å². The Morgan fingerprint density at radius 1 is 1.05 bits per heavy atom. The number of carbonyl (C=O) groups excluding carboxylic acids is 1. The molecule has 2 aromatic heterocycles. The lowest BCUT2D eigenvalue weighted by Crippen LogP contribution is -2.32. The molecule has 1 unspecified atom stereocenters. The summed E-state index contributed by atoms with van der Waals surface area (Å²) in [6.07, 6.45) is 3.29. The number of aromatic nitrogens is 1. The van der Waals surface area contributed by atoms with Crippen molar-refractivity contribution in [2.45, 2.75) is 15.5 Å². The summed E-state index contributed by atoms with van der Waals surface area (Å²) < 4.78 is 57.5. The zero-order valence-corrected chi connectivity index (χ0v) is 22.9. The van der Waals surface area contributed by atoms with Crippen LogP contribution in [0.15, 0.2) is 86.6 Å². The number of sulfonamides is 1. The van der Waals surface area contributed by atoms with Crippen LogP contribution in [0.25, 0.3) is 21.7 Å². The molecule has 1 saturated heterocycles. The Kier molecular flexibility index (Phi) is 7.23. The molecule has 9 nitrogen and oxygen atoms in total. The van der Waals surface area contributed by atoms with Gasteiger partial charge in [0.15, 0.2) is 9.84 Å². The van der Waals surface area contributed by atoms with E-state index in [0.717, 1.165) is 11.3 Å². The number of nitrogens with zero attached hydrogens (tertiary/aromatic N) is 2. The van der Waals surface area contributed by atoms with Crippen molar-refractivity contribution in [3.05, 3.63) is 78.6 Å². The lowest BCUT2D eigenvalue weighted by atomic mass is 10.0. The van der Waals surface area contributed by atoms with Crippen LogP contribution >= 0.6 is 11.3 Å². The van der Waals surface area contributed by atoms with Gasteiger partial charge in [-0.25, -0.2) is 21.6 Å². The summed E-state index contributed by atoms with van der Waals surface area (Å²) in [7, 11) is -7.09. The van der Waals surface area contributed by atoms with Crippen LogP contribution in [0.1, 0.15) is 16.8 Å². The number of hydrogen-bond acceptors (Lipinski definition) is 8. The highest BCUT2D eigenvalue weighted by atomic mass is 32.2. The Morgan fingerprint density at radius 2 is 1.82 bits per heavy atom. The van der Waals surface area contributed by atoms with Gasteiger partial charge in [0.25, 0.3) is 5.91 Å². The molecule has 0 radical (unpaired) electrons. The van der Waals surface area contributed by atoms with Crippen LogP contribution in [-0.4, -0.2) is 58.7 Å². The van der Waals surface area contributed by atoms with E-state index >= 15 is 0 Å². The average molecular weight is 572 g/mol. The van der Waals surface area contributed by atoms with E-state index in [9.17, 15) is 21.6 Å². The van der Waals surface area contributed by atoms with E-state index < -0.39 is 19.9 Å². The fourth-order valence-electron chi connectivity index (χ4n) is 4.43. The van der Waals surface area contributed by atoms with E-state index in [-0.39, 0.29) is 27.5 Å². The molecule has 198 valence electrons. The van der Waals surface area contributed by atoms with Crippen LogP contribution in [0, 0.1) is 5.92 Å². The summed E-state index contributed by atoms with van der Waals surface area (Å²) in [6, 6.07) is 18.5. The van der Waals surface area contributed by atoms with Crippen molar-refractivity contribution >= 4 is 37.1 Å². The number of rotatable bonds is 8. The number of sulfone groups is 1. The molecular formula is C26H25N3O6S3. The molecule has 0 spiro atoms. The van der Waals surface area contributed by atoms with Crippen molar-refractivity contribution in [3.8, 4) is 21.7 Å². The van der Waals surface area contributed by atoms with E-state index in [4.69, 9.17) is 4.52 Å². The molecule has 5 rings (SSSR count). The van der Waals surface area contributed by atoms with Crippen molar-refractivity contribution in [1.29, 1.82) is 0 Å². The quantitative estimate of drug-likeness (QED) is 0.340. The zero-order valence-electron chi connectivity index (χ0n) is 20.4. The topological polar surface area (TPSA) is 127 Å². The number of likely N-dealkylation sites (tertiary alicyclic amines) is 1. The van der Waals surface area contributed by atoms with Gasteiger partial charge < -0.3 is 9.42 Å². The number of thiophene rings is 1. The van der Waals surface area contributed by atoms with Gasteiger partial charge in [-0.05, 0) is 48.2 Å². The van der Waals surface area contributed by atoms with Crippen molar-refractivity contribution in [1.82, 2.24) is 14.8 Å². The van der Waals surface area contributed by atoms with Crippen LogP contribution < -0.4 is 4.72 Å². The molecule has 4 aromatic rings. The molecule has 3 heterocycles. The second-order valence-corrected chi connectivity index (χ2v) is 14.2. The molecule has 1 N–H and O–H groups in total.